The first kappa shape index (κ1) is 20.2. The van der Waals surface area contributed by atoms with Crippen LogP contribution in [0.4, 0.5) is 11.4 Å². The molecule has 0 bridgehead atoms. The molecular weight excluding hydrogens is 364 g/mol. The molecule has 0 fully saturated rings. The summed E-state index contributed by atoms with van der Waals surface area (Å²) in [4.78, 5) is 23.7. The van der Waals surface area contributed by atoms with Gasteiger partial charge in [-0.05, 0) is 55.5 Å². The van der Waals surface area contributed by atoms with E-state index in [1.807, 2.05) is 37.3 Å². The van der Waals surface area contributed by atoms with Gasteiger partial charge >= 0.3 is 0 Å². The van der Waals surface area contributed by atoms with E-state index in [-0.39, 0.29) is 29.8 Å². The maximum atomic E-state index is 11.9. The van der Waals surface area contributed by atoms with Crippen molar-refractivity contribution in [3.05, 3.63) is 54.6 Å². The van der Waals surface area contributed by atoms with Crippen LogP contribution in [0.15, 0.2) is 54.6 Å². The third-order valence-corrected chi connectivity index (χ3v) is 3.58. The highest BCUT2D eigenvalue weighted by Gasteiger charge is 2.08. The number of carbonyl (C=O) groups is 2. The number of rotatable bonds is 7. The molecule has 0 saturated carbocycles. The molecule has 2 aromatic carbocycles. The van der Waals surface area contributed by atoms with E-state index in [9.17, 15) is 9.59 Å². The molecule has 0 spiro atoms. The second kappa shape index (κ2) is 10.8. The zero-order valence-corrected chi connectivity index (χ0v) is 15.8. The number of amides is 2. The molecule has 0 atom stereocenters. The molecule has 27 heavy (non-hydrogen) atoms. The van der Waals surface area contributed by atoms with Crippen molar-refractivity contribution in [1.82, 2.24) is 10.9 Å². The highest BCUT2D eigenvalue weighted by Crippen LogP contribution is 2.15. The summed E-state index contributed by atoms with van der Waals surface area (Å²) in [7, 11) is 0. The van der Waals surface area contributed by atoms with Gasteiger partial charge in [0.25, 0.3) is 0 Å². The molecule has 2 aromatic rings. The Morgan fingerprint density at radius 2 is 1.48 bits per heavy atom. The summed E-state index contributed by atoms with van der Waals surface area (Å²) in [5, 5.41) is 5.91. The molecule has 0 aliphatic rings. The Balaban J connectivity index is 1.65. The van der Waals surface area contributed by atoms with Gasteiger partial charge in [0.2, 0.25) is 11.8 Å². The van der Waals surface area contributed by atoms with Gasteiger partial charge < -0.3 is 15.4 Å². The smallest absolute Gasteiger partial charge is 0.238 e. The van der Waals surface area contributed by atoms with Gasteiger partial charge in [0.15, 0.2) is 5.11 Å². The maximum absolute atomic E-state index is 11.9. The number of para-hydroxylation sites is 1. The molecule has 8 heteroatoms. The van der Waals surface area contributed by atoms with E-state index in [1.54, 1.807) is 24.3 Å². The first-order valence-electron chi connectivity index (χ1n) is 8.50. The van der Waals surface area contributed by atoms with E-state index >= 15 is 0 Å². The van der Waals surface area contributed by atoms with Crippen molar-refractivity contribution in [3.63, 3.8) is 0 Å². The van der Waals surface area contributed by atoms with Crippen LogP contribution in [-0.2, 0) is 9.59 Å². The van der Waals surface area contributed by atoms with Crippen LogP contribution in [0, 0.1) is 0 Å². The normalized spacial score (nSPS) is 9.81. The van der Waals surface area contributed by atoms with Crippen molar-refractivity contribution in [2.45, 2.75) is 19.8 Å². The Kier molecular flexibility index (Phi) is 8.05. The molecule has 0 radical (unpaired) electrons. The predicted molar refractivity (Wildman–Crippen MR) is 109 cm³/mol. The molecule has 0 unspecified atom stereocenters. The fraction of sp³-hybridized carbons (Fsp3) is 0.211. The molecule has 0 saturated heterocycles. The first-order chi connectivity index (χ1) is 13.1. The van der Waals surface area contributed by atoms with Crippen molar-refractivity contribution < 1.29 is 14.3 Å². The highest BCUT2D eigenvalue weighted by molar-refractivity contribution is 7.80. The van der Waals surface area contributed by atoms with Crippen molar-refractivity contribution >= 4 is 40.5 Å². The van der Waals surface area contributed by atoms with Crippen LogP contribution >= 0.6 is 12.2 Å². The Hall–Kier alpha value is -3.13. The van der Waals surface area contributed by atoms with Crippen molar-refractivity contribution in [1.29, 1.82) is 0 Å². The molecule has 4 N–H and O–H groups in total. The lowest BCUT2D eigenvalue weighted by Gasteiger charge is -2.11. The Morgan fingerprint density at radius 1 is 0.852 bits per heavy atom. The quantitative estimate of drug-likeness (QED) is 0.432. The second-order valence-electron chi connectivity index (χ2n) is 5.50. The Morgan fingerprint density at radius 3 is 2.15 bits per heavy atom. The SMILES string of the molecule is CCOc1ccc(NC(=O)CCC(=O)NNC(=S)Nc2ccccc2)cc1. The average molecular weight is 386 g/mol. The van der Waals surface area contributed by atoms with Crippen molar-refractivity contribution in [2.75, 3.05) is 17.2 Å². The van der Waals surface area contributed by atoms with Gasteiger partial charge in [-0.15, -0.1) is 0 Å². The van der Waals surface area contributed by atoms with Crippen LogP contribution in [-0.4, -0.2) is 23.5 Å². The zero-order chi connectivity index (χ0) is 19.5. The summed E-state index contributed by atoms with van der Waals surface area (Å²) in [6.07, 6.45) is 0.0867. The second-order valence-corrected chi connectivity index (χ2v) is 5.91. The fourth-order valence-corrected chi connectivity index (χ4v) is 2.29. The zero-order valence-electron chi connectivity index (χ0n) is 15.0. The Bertz CT molecular complexity index is 766. The van der Waals surface area contributed by atoms with E-state index in [1.165, 1.54) is 0 Å². The Labute approximate surface area is 163 Å². The number of ether oxygens (including phenoxy) is 1. The van der Waals surface area contributed by atoms with Crippen LogP contribution in [0.1, 0.15) is 19.8 Å². The van der Waals surface area contributed by atoms with Crippen LogP contribution in [0.5, 0.6) is 5.75 Å². The number of hydrazine groups is 1. The lowest BCUT2D eigenvalue weighted by Crippen LogP contribution is -2.43. The van der Waals surface area contributed by atoms with Crippen LogP contribution in [0.2, 0.25) is 0 Å². The third-order valence-electron chi connectivity index (χ3n) is 3.38. The average Bonchev–Trinajstić information content (AvgIpc) is 2.67. The molecule has 142 valence electrons. The summed E-state index contributed by atoms with van der Waals surface area (Å²) >= 11 is 5.08. The number of thiocarbonyl (C=S) groups is 1. The molecule has 0 aromatic heterocycles. The predicted octanol–water partition coefficient (Wildman–Crippen LogP) is 2.82. The van der Waals surface area contributed by atoms with Gasteiger partial charge in [-0.3, -0.25) is 20.4 Å². The first-order valence-corrected chi connectivity index (χ1v) is 8.91. The number of hydrogen-bond acceptors (Lipinski definition) is 4. The van der Waals surface area contributed by atoms with Gasteiger partial charge in [0, 0.05) is 24.2 Å². The van der Waals surface area contributed by atoms with E-state index in [0.29, 0.717) is 12.3 Å². The van der Waals surface area contributed by atoms with Gasteiger partial charge in [-0.25, -0.2) is 0 Å². The van der Waals surface area contributed by atoms with Crippen molar-refractivity contribution in [3.8, 4) is 5.75 Å². The van der Waals surface area contributed by atoms with E-state index in [2.05, 4.69) is 21.5 Å². The van der Waals surface area contributed by atoms with Gasteiger partial charge in [0.1, 0.15) is 5.75 Å². The topological polar surface area (TPSA) is 91.5 Å². The van der Waals surface area contributed by atoms with E-state index < -0.39 is 0 Å². The molecule has 2 rings (SSSR count). The fourth-order valence-electron chi connectivity index (χ4n) is 2.12. The summed E-state index contributed by atoms with van der Waals surface area (Å²) in [5.74, 6) is 0.148. The molecule has 0 heterocycles. The lowest BCUT2D eigenvalue weighted by atomic mass is 10.2. The summed E-state index contributed by atoms with van der Waals surface area (Å²) in [6.45, 7) is 2.49. The molecular formula is C19H22N4O3S. The monoisotopic (exact) mass is 386 g/mol. The summed E-state index contributed by atoms with van der Waals surface area (Å²) < 4.78 is 5.34. The van der Waals surface area contributed by atoms with Crippen LogP contribution in [0.25, 0.3) is 0 Å². The molecule has 0 aliphatic carbocycles. The molecule has 0 aliphatic heterocycles. The third kappa shape index (κ3) is 7.74. The molecule has 2 amide bonds. The minimum Gasteiger partial charge on any atom is -0.494 e. The van der Waals surface area contributed by atoms with Crippen LogP contribution < -0.4 is 26.2 Å². The van der Waals surface area contributed by atoms with Crippen LogP contribution in [0.3, 0.4) is 0 Å². The van der Waals surface area contributed by atoms with E-state index in [0.717, 1.165) is 11.4 Å². The minimum atomic E-state index is -0.339. The largest absolute Gasteiger partial charge is 0.494 e. The number of anilines is 2. The van der Waals surface area contributed by atoms with Gasteiger partial charge in [-0.2, -0.15) is 0 Å². The maximum Gasteiger partial charge on any atom is 0.238 e. The minimum absolute atomic E-state index is 0.0316. The lowest BCUT2D eigenvalue weighted by molar-refractivity contribution is -0.124. The van der Waals surface area contributed by atoms with Gasteiger partial charge in [-0.1, -0.05) is 18.2 Å². The number of benzene rings is 2. The number of hydrogen-bond donors (Lipinski definition) is 4. The number of nitrogens with one attached hydrogen (secondary N) is 4. The summed E-state index contributed by atoms with van der Waals surface area (Å²) in [5.41, 5.74) is 6.50. The van der Waals surface area contributed by atoms with Crippen molar-refractivity contribution in [2.24, 2.45) is 0 Å². The summed E-state index contributed by atoms with van der Waals surface area (Å²) in [6, 6.07) is 16.4. The molecule has 7 nitrogen and oxygen atoms in total. The highest BCUT2D eigenvalue weighted by atomic mass is 32.1. The van der Waals surface area contributed by atoms with E-state index in [4.69, 9.17) is 17.0 Å². The standard InChI is InChI=1S/C19H22N4O3S/c1-2-26-16-10-8-15(9-11-16)20-17(24)12-13-18(25)22-23-19(27)21-14-6-4-3-5-7-14/h3-11H,2,12-13H2,1H3,(H,20,24)(H,22,25)(H2,21,23,27). The number of carbonyl (C=O) groups excluding carboxylic acids is 2. The van der Waals surface area contributed by atoms with Gasteiger partial charge in [0.05, 0.1) is 6.61 Å².